The maximum absolute atomic E-state index is 13.1. The van der Waals surface area contributed by atoms with Gasteiger partial charge in [-0.25, -0.2) is 13.6 Å². The molecule has 1 atom stereocenters. The molecule has 0 unspecified atom stereocenters. The van der Waals surface area contributed by atoms with Crippen molar-refractivity contribution in [2.75, 3.05) is 6.61 Å². The molecule has 0 aliphatic rings. The summed E-state index contributed by atoms with van der Waals surface area (Å²) in [5, 5.41) is 2.44. The Morgan fingerprint density at radius 3 is 2.32 bits per heavy atom. The molecule has 0 aliphatic carbocycles. The normalized spacial score (nSPS) is 11.5. The lowest BCUT2D eigenvalue weighted by Gasteiger charge is -2.13. The van der Waals surface area contributed by atoms with E-state index in [-0.39, 0.29) is 5.56 Å². The van der Waals surface area contributed by atoms with Gasteiger partial charge in [0.25, 0.3) is 5.91 Å². The number of carbonyl (C=O) groups is 3. The van der Waals surface area contributed by atoms with E-state index < -0.39 is 41.9 Å². The van der Waals surface area contributed by atoms with Crippen molar-refractivity contribution in [1.29, 1.82) is 0 Å². The molecule has 2 aromatic rings. The van der Waals surface area contributed by atoms with Crippen LogP contribution >= 0.6 is 0 Å². The Labute approximate surface area is 142 Å². The minimum atomic E-state index is -1.17. The molecule has 0 radical (unpaired) electrons. The number of ether oxygens (including phenoxy) is 1. The van der Waals surface area contributed by atoms with Crippen LogP contribution in [0.3, 0.4) is 0 Å². The number of amides is 1. The fourth-order valence-corrected chi connectivity index (χ4v) is 1.94. The second kappa shape index (κ2) is 8.14. The number of rotatable bonds is 6. The summed E-state index contributed by atoms with van der Waals surface area (Å²) in [4.78, 5) is 35.6. The van der Waals surface area contributed by atoms with E-state index in [9.17, 15) is 23.2 Å². The van der Waals surface area contributed by atoms with E-state index in [1.165, 1.54) is 6.92 Å². The first-order chi connectivity index (χ1) is 11.9. The lowest BCUT2D eigenvalue weighted by molar-refractivity contribution is -0.144. The van der Waals surface area contributed by atoms with Crippen LogP contribution in [0.5, 0.6) is 0 Å². The molecule has 1 N–H and O–H groups in total. The number of carbonyl (C=O) groups excluding carboxylic acids is 3. The van der Waals surface area contributed by atoms with Crippen LogP contribution in [0, 0.1) is 11.6 Å². The van der Waals surface area contributed by atoms with E-state index in [0.717, 1.165) is 18.2 Å². The van der Waals surface area contributed by atoms with Crippen molar-refractivity contribution in [2.24, 2.45) is 0 Å². The third-order valence-corrected chi connectivity index (χ3v) is 3.32. The maximum Gasteiger partial charge on any atom is 0.328 e. The Bertz CT molecular complexity index is 793. The van der Waals surface area contributed by atoms with E-state index in [1.807, 2.05) is 0 Å². The van der Waals surface area contributed by atoms with Gasteiger partial charge < -0.3 is 10.1 Å². The molecule has 0 saturated heterocycles. The van der Waals surface area contributed by atoms with Gasteiger partial charge in [0, 0.05) is 11.1 Å². The van der Waals surface area contributed by atoms with Crippen LogP contribution in [-0.2, 0) is 9.53 Å². The molecule has 0 heterocycles. The van der Waals surface area contributed by atoms with Gasteiger partial charge in [0.15, 0.2) is 24.0 Å². The molecule has 1 amide bonds. The summed E-state index contributed by atoms with van der Waals surface area (Å²) in [5.41, 5.74) is 0.257. The second-order valence-corrected chi connectivity index (χ2v) is 5.22. The number of hydrogen-bond acceptors (Lipinski definition) is 4. The number of nitrogens with one attached hydrogen (secondary N) is 1. The minimum absolute atomic E-state index is 0.118. The average Bonchev–Trinajstić information content (AvgIpc) is 2.62. The number of esters is 1. The molecule has 0 spiro atoms. The summed E-state index contributed by atoms with van der Waals surface area (Å²) in [6.45, 7) is 0.765. The fraction of sp³-hybridized carbons (Fsp3) is 0.167. The molecule has 0 aromatic heterocycles. The molecule has 2 aromatic carbocycles. The van der Waals surface area contributed by atoms with E-state index >= 15 is 0 Å². The Morgan fingerprint density at radius 1 is 1.00 bits per heavy atom. The quantitative estimate of drug-likeness (QED) is 0.644. The minimum Gasteiger partial charge on any atom is -0.456 e. The van der Waals surface area contributed by atoms with E-state index in [0.29, 0.717) is 5.56 Å². The van der Waals surface area contributed by atoms with E-state index in [2.05, 4.69) is 5.32 Å². The van der Waals surface area contributed by atoms with Crippen molar-refractivity contribution in [3.63, 3.8) is 0 Å². The maximum atomic E-state index is 13.1. The van der Waals surface area contributed by atoms with Gasteiger partial charge >= 0.3 is 5.97 Å². The van der Waals surface area contributed by atoms with Crippen molar-refractivity contribution in [3.05, 3.63) is 71.3 Å². The molecule has 0 bridgehead atoms. The van der Waals surface area contributed by atoms with Gasteiger partial charge in [0.05, 0.1) is 0 Å². The lowest BCUT2D eigenvalue weighted by atomic mass is 10.1. The largest absolute Gasteiger partial charge is 0.456 e. The third-order valence-electron chi connectivity index (χ3n) is 3.32. The summed E-state index contributed by atoms with van der Waals surface area (Å²) < 4.78 is 30.7. The molecule has 2 rings (SSSR count). The highest BCUT2D eigenvalue weighted by Gasteiger charge is 2.19. The predicted molar refractivity (Wildman–Crippen MR) is 85.0 cm³/mol. The lowest BCUT2D eigenvalue weighted by Crippen LogP contribution is -2.40. The van der Waals surface area contributed by atoms with Crippen LogP contribution in [0.2, 0.25) is 0 Å². The zero-order chi connectivity index (χ0) is 18.4. The van der Waals surface area contributed by atoms with E-state index in [1.54, 1.807) is 30.3 Å². The number of benzene rings is 2. The number of Topliss-reactive ketones (excluding diaryl/α,β-unsaturated/α-hetero) is 1. The second-order valence-electron chi connectivity index (χ2n) is 5.22. The average molecular weight is 347 g/mol. The molecule has 0 aliphatic heterocycles. The highest BCUT2D eigenvalue weighted by Crippen LogP contribution is 2.09. The van der Waals surface area contributed by atoms with Gasteiger partial charge in [-0.15, -0.1) is 0 Å². The van der Waals surface area contributed by atoms with Gasteiger partial charge in [-0.2, -0.15) is 0 Å². The standard InChI is InChI=1S/C18H15F2NO4/c1-11(21-17(23)12-5-3-2-4-6-12)18(24)25-10-16(22)13-7-8-14(19)15(20)9-13/h2-9,11H,10H2,1H3,(H,21,23)/t11-/m0/s1. The zero-order valence-electron chi connectivity index (χ0n) is 13.3. The number of hydrogen-bond donors (Lipinski definition) is 1. The fourth-order valence-electron chi connectivity index (χ4n) is 1.94. The third kappa shape index (κ3) is 4.94. The van der Waals surface area contributed by atoms with Gasteiger partial charge in [-0.3, -0.25) is 9.59 Å². The molecule has 25 heavy (non-hydrogen) atoms. The van der Waals surface area contributed by atoms with Crippen LogP contribution in [0.25, 0.3) is 0 Å². The Morgan fingerprint density at radius 2 is 1.68 bits per heavy atom. The van der Waals surface area contributed by atoms with Gasteiger partial charge in [-0.05, 0) is 37.3 Å². The summed E-state index contributed by atoms with van der Waals surface area (Å²) in [6.07, 6.45) is 0. The molecular formula is C18H15F2NO4. The Balaban J connectivity index is 1.87. The summed E-state index contributed by atoms with van der Waals surface area (Å²) >= 11 is 0. The molecule has 7 heteroatoms. The van der Waals surface area contributed by atoms with Crippen molar-refractivity contribution in [3.8, 4) is 0 Å². The van der Waals surface area contributed by atoms with Crippen LogP contribution in [0.15, 0.2) is 48.5 Å². The first-order valence-electron chi connectivity index (χ1n) is 7.39. The molecular weight excluding hydrogens is 332 g/mol. The van der Waals surface area contributed by atoms with Gasteiger partial charge in [0.2, 0.25) is 0 Å². The van der Waals surface area contributed by atoms with Gasteiger partial charge in [-0.1, -0.05) is 18.2 Å². The molecule has 130 valence electrons. The highest BCUT2D eigenvalue weighted by atomic mass is 19.2. The molecule has 5 nitrogen and oxygen atoms in total. The van der Waals surface area contributed by atoms with Crippen molar-refractivity contribution in [2.45, 2.75) is 13.0 Å². The SMILES string of the molecule is C[C@H](NC(=O)c1ccccc1)C(=O)OCC(=O)c1ccc(F)c(F)c1. The predicted octanol–water partition coefficient (Wildman–Crippen LogP) is 2.51. The molecule has 0 fully saturated rings. The van der Waals surface area contributed by atoms with Crippen molar-refractivity contribution >= 4 is 17.7 Å². The van der Waals surface area contributed by atoms with Crippen LogP contribution in [-0.4, -0.2) is 30.3 Å². The summed E-state index contributed by atoms with van der Waals surface area (Å²) in [7, 11) is 0. The number of halogens is 2. The van der Waals surface area contributed by atoms with Crippen LogP contribution in [0.4, 0.5) is 8.78 Å². The van der Waals surface area contributed by atoms with E-state index in [4.69, 9.17) is 4.74 Å². The van der Waals surface area contributed by atoms with Gasteiger partial charge in [0.1, 0.15) is 6.04 Å². The summed E-state index contributed by atoms with van der Waals surface area (Å²) in [5.74, 6) is -4.21. The smallest absolute Gasteiger partial charge is 0.328 e. The topological polar surface area (TPSA) is 72.5 Å². The Hall–Kier alpha value is -3.09. The number of ketones is 1. The first kappa shape index (κ1) is 18.3. The van der Waals surface area contributed by atoms with Crippen LogP contribution < -0.4 is 5.32 Å². The van der Waals surface area contributed by atoms with Crippen molar-refractivity contribution < 1.29 is 27.9 Å². The summed E-state index contributed by atoms with van der Waals surface area (Å²) in [6, 6.07) is 9.93. The Kier molecular flexibility index (Phi) is 5.94. The highest BCUT2D eigenvalue weighted by molar-refractivity contribution is 5.99. The van der Waals surface area contributed by atoms with Crippen LogP contribution in [0.1, 0.15) is 27.6 Å². The monoisotopic (exact) mass is 347 g/mol. The molecule has 0 saturated carbocycles. The first-order valence-corrected chi connectivity index (χ1v) is 7.39. The van der Waals surface area contributed by atoms with Crippen molar-refractivity contribution in [1.82, 2.24) is 5.32 Å². The zero-order valence-corrected chi connectivity index (χ0v) is 13.3.